The first-order valence-electron chi connectivity index (χ1n) is 10.7. The number of esters is 1. The first kappa shape index (κ1) is 26.0. The van der Waals surface area contributed by atoms with Crippen LogP contribution >= 0.6 is 0 Å². The molecule has 0 atom stereocenters. The highest BCUT2D eigenvalue weighted by Crippen LogP contribution is 2.43. The summed E-state index contributed by atoms with van der Waals surface area (Å²) in [6.45, 7) is 5.49. The lowest BCUT2D eigenvalue weighted by Gasteiger charge is -2.25. The number of carboxylic acid groups (broad SMARTS) is 1. The standard InChI is InChI=1S/C23H26N2O9S/c1-5-24-35(30,31)14-9-10-16-15(11-14)25(12-20(28)34-23(2,3)4)22(29)21-17(32-13-19(26)27)7-6-8-18(21)33-16/h6-11,24H,5,12-13H2,1-4H3,(H,26,27). The van der Waals surface area contributed by atoms with Gasteiger partial charge in [-0.2, -0.15) is 0 Å². The van der Waals surface area contributed by atoms with E-state index in [0.29, 0.717) is 0 Å². The number of carbonyl (C=O) groups excluding carboxylic acids is 2. The fourth-order valence-electron chi connectivity index (χ4n) is 3.32. The van der Waals surface area contributed by atoms with Crippen molar-refractivity contribution in [3.05, 3.63) is 42.0 Å². The maximum atomic E-state index is 13.7. The topological polar surface area (TPSA) is 149 Å². The van der Waals surface area contributed by atoms with Gasteiger partial charge in [-0.25, -0.2) is 17.9 Å². The number of nitrogens with one attached hydrogen (secondary N) is 1. The van der Waals surface area contributed by atoms with Gasteiger partial charge in [0.2, 0.25) is 10.0 Å². The van der Waals surface area contributed by atoms with E-state index in [1.807, 2.05) is 0 Å². The van der Waals surface area contributed by atoms with E-state index in [0.717, 1.165) is 4.90 Å². The largest absolute Gasteiger partial charge is 0.481 e. The number of benzene rings is 2. The molecule has 0 radical (unpaired) electrons. The van der Waals surface area contributed by atoms with Gasteiger partial charge in [-0.05, 0) is 51.1 Å². The van der Waals surface area contributed by atoms with E-state index < -0.39 is 46.6 Å². The Labute approximate surface area is 202 Å². The molecule has 0 aromatic heterocycles. The first-order valence-corrected chi connectivity index (χ1v) is 12.1. The summed E-state index contributed by atoms with van der Waals surface area (Å²) in [5, 5.41) is 9.00. The van der Waals surface area contributed by atoms with Crippen LogP contribution in [0.15, 0.2) is 41.3 Å². The predicted octanol–water partition coefficient (Wildman–Crippen LogP) is 2.54. The third kappa shape index (κ3) is 6.08. The average molecular weight is 507 g/mol. The Kier molecular flexibility index (Phi) is 7.36. The van der Waals surface area contributed by atoms with Crippen molar-refractivity contribution in [2.75, 3.05) is 24.6 Å². The number of anilines is 1. The van der Waals surface area contributed by atoms with Gasteiger partial charge >= 0.3 is 11.9 Å². The van der Waals surface area contributed by atoms with Gasteiger partial charge in [-0.3, -0.25) is 14.5 Å². The molecule has 1 aliphatic rings. The number of fused-ring (bicyclic) bond motifs is 2. The summed E-state index contributed by atoms with van der Waals surface area (Å²) in [6, 6.07) is 8.28. The van der Waals surface area contributed by atoms with Gasteiger partial charge in [0.05, 0.1) is 10.6 Å². The molecule has 1 amide bonds. The number of hydrogen-bond acceptors (Lipinski definition) is 8. The van der Waals surface area contributed by atoms with Crippen molar-refractivity contribution in [2.45, 2.75) is 38.2 Å². The molecule has 0 aliphatic carbocycles. The fraction of sp³-hybridized carbons (Fsp3) is 0.348. The van der Waals surface area contributed by atoms with Crippen LogP contribution < -0.4 is 19.1 Å². The van der Waals surface area contributed by atoms with Crippen molar-refractivity contribution in [1.29, 1.82) is 0 Å². The van der Waals surface area contributed by atoms with Crippen molar-refractivity contribution < 1.29 is 42.1 Å². The Balaban J connectivity index is 2.16. The number of hydrogen-bond donors (Lipinski definition) is 2. The van der Waals surface area contributed by atoms with E-state index in [1.165, 1.54) is 36.4 Å². The smallest absolute Gasteiger partial charge is 0.341 e. The molecule has 1 aliphatic heterocycles. The van der Waals surface area contributed by atoms with Crippen LogP contribution in [0.25, 0.3) is 0 Å². The molecule has 0 bridgehead atoms. The summed E-state index contributed by atoms with van der Waals surface area (Å²) < 4.78 is 44.1. The summed E-state index contributed by atoms with van der Waals surface area (Å²) >= 11 is 0. The van der Waals surface area contributed by atoms with Crippen LogP contribution in [0, 0.1) is 0 Å². The van der Waals surface area contributed by atoms with E-state index in [4.69, 9.17) is 19.3 Å². The van der Waals surface area contributed by atoms with Gasteiger partial charge in [-0.1, -0.05) is 13.0 Å². The molecule has 2 aromatic rings. The molecular weight excluding hydrogens is 480 g/mol. The van der Waals surface area contributed by atoms with Gasteiger partial charge in [0.25, 0.3) is 5.91 Å². The average Bonchev–Trinajstić information content (AvgIpc) is 2.85. The second-order valence-corrected chi connectivity index (χ2v) is 10.3. The molecule has 35 heavy (non-hydrogen) atoms. The Morgan fingerprint density at radius 2 is 1.86 bits per heavy atom. The van der Waals surface area contributed by atoms with Gasteiger partial charge in [0.15, 0.2) is 12.4 Å². The van der Waals surface area contributed by atoms with Gasteiger partial charge in [-0.15, -0.1) is 0 Å². The molecule has 0 spiro atoms. The van der Waals surface area contributed by atoms with Gasteiger partial charge in [0.1, 0.15) is 29.2 Å². The molecular formula is C23H26N2O9S. The highest BCUT2D eigenvalue weighted by atomic mass is 32.2. The minimum absolute atomic E-state index is 0.0141. The van der Waals surface area contributed by atoms with Gasteiger partial charge in [0, 0.05) is 6.54 Å². The number of carboxylic acids is 1. The first-order chi connectivity index (χ1) is 16.3. The highest BCUT2D eigenvalue weighted by molar-refractivity contribution is 7.89. The summed E-state index contributed by atoms with van der Waals surface area (Å²) in [5.41, 5.74) is -0.945. The molecule has 2 aromatic carbocycles. The highest BCUT2D eigenvalue weighted by Gasteiger charge is 2.34. The van der Waals surface area contributed by atoms with Crippen LogP contribution in [-0.4, -0.2) is 56.7 Å². The van der Waals surface area contributed by atoms with E-state index in [2.05, 4.69) is 4.72 Å². The molecule has 3 rings (SSSR count). The van der Waals surface area contributed by atoms with Crippen LogP contribution in [-0.2, 0) is 24.3 Å². The Hall–Kier alpha value is -3.64. The van der Waals surface area contributed by atoms with E-state index in [-0.39, 0.29) is 39.9 Å². The molecule has 0 saturated carbocycles. The minimum atomic E-state index is -3.90. The van der Waals surface area contributed by atoms with Crippen molar-refractivity contribution in [3.8, 4) is 17.2 Å². The number of nitrogens with zero attached hydrogens (tertiary/aromatic N) is 1. The lowest BCUT2D eigenvalue weighted by molar-refractivity contribution is -0.152. The normalized spacial score (nSPS) is 13.3. The molecule has 11 nitrogen and oxygen atoms in total. The van der Waals surface area contributed by atoms with Crippen molar-refractivity contribution >= 4 is 33.6 Å². The number of sulfonamides is 1. The van der Waals surface area contributed by atoms with Crippen LogP contribution in [0.4, 0.5) is 5.69 Å². The van der Waals surface area contributed by atoms with Crippen LogP contribution in [0.5, 0.6) is 17.2 Å². The van der Waals surface area contributed by atoms with Gasteiger partial charge < -0.3 is 19.3 Å². The third-order valence-corrected chi connectivity index (χ3v) is 6.13. The number of aliphatic carboxylic acids is 1. The number of rotatable bonds is 8. The fourth-order valence-corrected chi connectivity index (χ4v) is 4.38. The van der Waals surface area contributed by atoms with Crippen molar-refractivity contribution in [3.63, 3.8) is 0 Å². The predicted molar refractivity (Wildman–Crippen MR) is 124 cm³/mol. The summed E-state index contributed by atoms with van der Waals surface area (Å²) in [6.07, 6.45) is 0. The molecule has 0 saturated heterocycles. The van der Waals surface area contributed by atoms with E-state index in [9.17, 15) is 22.8 Å². The quantitative estimate of drug-likeness (QED) is 0.515. The molecule has 0 unspecified atom stereocenters. The van der Waals surface area contributed by atoms with E-state index in [1.54, 1.807) is 27.7 Å². The summed E-state index contributed by atoms with van der Waals surface area (Å²) in [4.78, 5) is 38.3. The van der Waals surface area contributed by atoms with Crippen LogP contribution in [0.2, 0.25) is 0 Å². The molecule has 188 valence electrons. The molecule has 2 N–H and O–H groups in total. The minimum Gasteiger partial charge on any atom is -0.481 e. The Morgan fingerprint density at radius 3 is 2.49 bits per heavy atom. The number of amides is 1. The lowest BCUT2D eigenvalue weighted by atomic mass is 10.1. The Bertz CT molecular complexity index is 1270. The van der Waals surface area contributed by atoms with E-state index >= 15 is 0 Å². The summed E-state index contributed by atoms with van der Waals surface area (Å²) in [7, 11) is -3.90. The van der Waals surface area contributed by atoms with Crippen LogP contribution in [0.3, 0.4) is 0 Å². The maximum Gasteiger partial charge on any atom is 0.341 e. The molecule has 0 fully saturated rings. The number of carbonyl (C=O) groups is 3. The molecule has 1 heterocycles. The second kappa shape index (κ2) is 9.92. The number of ether oxygens (including phenoxy) is 3. The SMILES string of the molecule is CCNS(=O)(=O)c1ccc2c(c1)N(CC(=O)OC(C)(C)C)C(=O)c1c(OCC(=O)O)cccc1O2. The lowest BCUT2D eigenvalue weighted by Crippen LogP contribution is -2.39. The molecule has 12 heteroatoms. The van der Waals surface area contributed by atoms with Crippen LogP contribution in [0.1, 0.15) is 38.1 Å². The van der Waals surface area contributed by atoms with Crippen molar-refractivity contribution in [2.24, 2.45) is 0 Å². The maximum absolute atomic E-state index is 13.7. The summed E-state index contributed by atoms with van der Waals surface area (Å²) in [5.74, 6) is -2.68. The second-order valence-electron chi connectivity index (χ2n) is 8.52. The zero-order chi connectivity index (χ0) is 26.0. The van der Waals surface area contributed by atoms with Crippen molar-refractivity contribution in [1.82, 2.24) is 4.72 Å². The zero-order valence-electron chi connectivity index (χ0n) is 19.7. The Morgan fingerprint density at radius 1 is 1.14 bits per heavy atom. The zero-order valence-corrected chi connectivity index (χ0v) is 20.5. The monoisotopic (exact) mass is 506 g/mol. The third-order valence-electron chi connectivity index (χ3n) is 4.59.